The van der Waals surface area contributed by atoms with E-state index in [0.29, 0.717) is 17.7 Å². The van der Waals surface area contributed by atoms with Crippen LogP contribution < -0.4 is 4.74 Å². The monoisotopic (exact) mass is 397 g/mol. The molecule has 0 saturated carbocycles. The van der Waals surface area contributed by atoms with Gasteiger partial charge >= 0.3 is 0 Å². The van der Waals surface area contributed by atoms with E-state index in [2.05, 4.69) is 0 Å². The number of carbonyl (C=O) groups is 2. The number of aliphatic hydroxyl groups excluding tert-OH is 1. The molecule has 0 aromatic heterocycles. The number of ketones is 1. The number of methoxy groups -OCH3 is 1. The fourth-order valence-electron chi connectivity index (χ4n) is 3.37. The number of phenols is 1. The van der Waals surface area contributed by atoms with Gasteiger partial charge in [0.15, 0.2) is 11.5 Å². The van der Waals surface area contributed by atoms with E-state index in [9.17, 15) is 19.8 Å². The lowest BCUT2D eigenvalue weighted by atomic mass is 9.95. The third kappa shape index (κ3) is 3.95. The zero-order chi connectivity index (χ0) is 21.0. The summed E-state index contributed by atoms with van der Waals surface area (Å²) in [6, 6.07) is 12.4. The molecule has 29 heavy (non-hydrogen) atoms. The van der Waals surface area contributed by atoms with Crippen LogP contribution in [-0.2, 0) is 14.3 Å². The standard InChI is InChI=1S/C22H23NO6/c1-3-29-17-13-15(9-10-16(17)24)19-18(20(25)14-7-5-4-6-8-14)21(26)22(27)23(19)11-12-28-2/h4-10,13,19,24-25H,3,11-12H2,1-2H3/b20-18+/t19-/m0/s1. The molecule has 1 heterocycles. The van der Waals surface area contributed by atoms with Gasteiger partial charge in [-0.2, -0.15) is 0 Å². The van der Waals surface area contributed by atoms with Gasteiger partial charge in [-0.15, -0.1) is 0 Å². The summed E-state index contributed by atoms with van der Waals surface area (Å²) in [5.74, 6) is -1.54. The van der Waals surface area contributed by atoms with Gasteiger partial charge in [0.25, 0.3) is 11.7 Å². The molecule has 0 spiro atoms. The first-order valence-electron chi connectivity index (χ1n) is 9.28. The number of rotatable bonds is 7. The van der Waals surface area contributed by atoms with Crippen molar-refractivity contribution < 1.29 is 29.3 Å². The average Bonchev–Trinajstić information content (AvgIpc) is 2.98. The number of amides is 1. The maximum atomic E-state index is 12.8. The molecule has 152 valence electrons. The second-order valence-corrected chi connectivity index (χ2v) is 6.51. The van der Waals surface area contributed by atoms with Crippen molar-refractivity contribution in [3.63, 3.8) is 0 Å². The van der Waals surface area contributed by atoms with Gasteiger partial charge in [0.05, 0.1) is 24.8 Å². The van der Waals surface area contributed by atoms with Gasteiger partial charge < -0.3 is 24.6 Å². The molecule has 1 amide bonds. The molecule has 2 N–H and O–H groups in total. The normalized spacial score (nSPS) is 18.3. The Kier molecular flexibility index (Phi) is 6.19. The Labute approximate surface area is 168 Å². The zero-order valence-electron chi connectivity index (χ0n) is 16.3. The van der Waals surface area contributed by atoms with Crippen LogP contribution >= 0.6 is 0 Å². The first kappa shape index (κ1) is 20.4. The quantitative estimate of drug-likeness (QED) is 0.424. The summed E-state index contributed by atoms with van der Waals surface area (Å²) in [6.45, 7) is 2.52. The van der Waals surface area contributed by atoms with Crippen molar-refractivity contribution in [2.24, 2.45) is 0 Å². The number of Topliss-reactive ketones (excluding diaryl/α,β-unsaturated/α-hetero) is 1. The zero-order valence-corrected chi connectivity index (χ0v) is 16.3. The Morgan fingerprint density at radius 1 is 1.14 bits per heavy atom. The Morgan fingerprint density at radius 3 is 2.52 bits per heavy atom. The van der Waals surface area contributed by atoms with E-state index in [1.54, 1.807) is 49.4 Å². The summed E-state index contributed by atoms with van der Waals surface area (Å²) in [5.41, 5.74) is 0.968. The van der Waals surface area contributed by atoms with Crippen molar-refractivity contribution >= 4 is 17.4 Å². The molecule has 0 unspecified atom stereocenters. The van der Waals surface area contributed by atoms with Crippen LogP contribution in [0.4, 0.5) is 0 Å². The van der Waals surface area contributed by atoms with Gasteiger partial charge in [0.2, 0.25) is 0 Å². The van der Waals surface area contributed by atoms with Crippen LogP contribution in [0.2, 0.25) is 0 Å². The molecule has 3 rings (SSSR count). The molecule has 0 aliphatic carbocycles. The van der Waals surface area contributed by atoms with E-state index < -0.39 is 17.7 Å². The highest BCUT2D eigenvalue weighted by Gasteiger charge is 2.46. The molecule has 1 fully saturated rings. The van der Waals surface area contributed by atoms with E-state index in [1.165, 1.54) is 18.1 Å². The first-order chi connectivity index (χ1) is 14.0. The second-order valence-electron chi connectivity index (χ2n) is 6.51. The topological polar surface area (TPSA) is 96.3 Å². The number of ether oxygens (including phenoxy) is 2. The number of carbonyl (C=O) groups excluding carboxylic acids is 2. The molecule has 1 atom stereocenters. The van der Waals surface area contributed by atoms with E-state index in [1.807, 2.05) is 0 Å². The van der Waals surface area contributed by atoms with Crippen molar-refractivity contribution in [1.29, 1.82) is 0 Å². The van der Waals surface area contributed by atoms with E-state index in [0.717, 1.165) is 0 Å². The van der Waals surface area contributed by atoms with Crippen LogP contribution in [0.1, 0.15) is 24.1 Å². The van der Waals surface area contributed by atoms with Crippen LogP contribution in [0.25, 0.3) is 5.76 Å². The average molecular weight is 397 g/mol. The van der Waals surface area contributed by atoms with Gasteiger partial charge in [-0.25, -0.2) is 0 Å². The fraction of sp³-hybridized carbons (Fsp3) is 0.273. The van der Waals surface area contributed by atoms with Crippen molar-refractivity contribution in [2.45, 2.75) is 13.0 Å². The smallest absolute Gasteiger partial charge is 0.295 e. The highest BCUT2D eigenvalue weighted by atomic mass is 16.5. The summed E-state index contributed by atoms with van der Waals surface area (Å²) in [4.78, 5) is 26.9. The number of aromatic hydroxyl groups is 1. The molecule has 7 nitrogen and oxygen atoms in total. The SMILES string of the molecule is CCOc1cc([C@H]2/C(=C(\O)c3ccccc3)C(=O)C(=O)N2CCOC)ccc1O. The Balaban J connectivity index is 2.17. The molecule has 1 aliphatic heterocycles. The van der Waals surface area contributed by atoms with E-state index in [-0.39, 0.29) is 36.0 Å². The summed E-state index contributed by atoms with van der Waals surface area (Å²) in [6.07, 6.45) is 0. The number of hydrogen-bond donors (Lipinski definition) is 2. The second kappa shape index (κ2) is 8.79. The summed E-state index contributed by atoms with van der Waals surface area (Å²) in [7, 11) is 1.50. The van der Waals surface area contributed by atoms with Crippen molar-refractivity contribution in [3.05, 3.63) is 65.2 Å². The molecular weight excluding hydrogens is 374 g/mol. The lowest BCUT2D eigenvalue weighted by Gasteiger charge is -2.25. The Bertz CT molecular complexity index is 938. The molecule has 2 aromatic carbocycles. The van der Waals surface area contributed by atoms with Crippen LogP contribution in [0.15, 0.2) is 54.1 Å². The highest BCUT2D eigenvalue weighted by Crippen LogP contribution is 2.41. The molecule has 1 aliphatic rings. The van der Waals surface area contributed by atoms with Gasteiger partial charge in [-0.1, -0.05) is 36.4 Å². The molecular formula is C22H23NO6. The van der Waals surface area contributed by atoms with Gasteiger partial charge in [0.1, 0.15) is 5.76 Å². The number of benzene rings is 2. The van der Waals surface area contributed by atoms with Crippen LogP contribution in [0.3, 0.4) is 0 Å². The van der Waals surface area contributed by atoms with Crippen molar-refractivity contribution in [1.82, 2.24) is 4.90 Å². The minimum absolute atomic E-state index is 0.00885. The van der Waals surface area contributed by atoms with Gasteiger partial charge in [-0.3, -0.25) is 9.59 Å². The summed E-state index contributed by atoms with van der Waals surface area (Å²) in [5, 5.41) is 20.9. The largest absolute Gasteiger partial charge is 0.507 e. The maximum absolute atomic E-state index is 12.8. The lowest BCUT2D eigenvalue weighted by Crippen LogP contribution is -2.32. The van der Waals surface area contributed by atoms with E-state index in [4.69, 9.17) is 9.47 Å². The van der Waals surface area contributed by atoms with Crippen molar-refractivity contribution in [2.75, 3.05) is 26.9 Å². The number of hydrogen-bond acceptors (Lipinski definition) is 6. The minimum Gasteiger partial charge on any atom is -0.507 e. The van der Waals surface area contributed by atoms with Crippen LogP contribution in [-0.4, -0.2) is 53.7 Å². The lowest BCUT2D eigenvalue weighted by molar-refractivity contribution is -0.140. The molecule has 7 heteroatoms. The van der Waals surface area contributed by atoms with Crippen molar-refractivity contribution in [3.8, 4) is 11.5 Å². The van der Waals surface area contributed by atoms with Crippen LogP contribution in [0.5, 0.6) is 11.5 Å². The number of nitrogens with zero attached hydrogens (tertiary/aromatic N) is 1. The maximum Gasteiger partial charge on any atom is 0.295 e. The highest BCUT2D eigenvalue weighted by molar-refractivity contribution is 6.46. The van der Waals surface area contributed by atoms with Gasteiger partial charge in [-0.05, 0) is 24.6 Å². The first-order valence-corrected chi connectivity index (χ1v) is 9.28. The number of phenolic OH excluding ortho intramolecular Hbond substituents is 1. The third-order valence-electron chi connectivity index (χ3n) is 4.72. The summed E-state index contributed by atoms with van der Waals surface area (Å²) < 4.78 is 10.5. The molecule has 1 saturated heterocycles. The summed E-state index contributed by atoms with van der Waals surface area (Å²) >= 11 is 0. The molecule has 2 aromatic rings. The number of likely N-dealkylation sites (tertiary alicyclic amines) is 1. The number of aliphatic hydroxyl groups is 1. The minimum atomic E-state index is -0.829. The van der Waals surface area contributed by atoms with Gasteiger partial charge in [0, 0.05) is 19.2 Å². The molecule has 0 radical (unpaired) electrons. The predicted molar refractivity (Wildman–Crippen MR) is 107 cm³/mol. The van der Waals surface area contributed by atoms with E-state index >= 15 is 0 Å². The van der Waals surface area contributed by atoms with Crippen LogP contribution in [0, 0.1) is 0 Å². The fourth-order valence-corrected chi connectivity index (χ4v) is 3.37. The third-order valence-corrected chi connectivity index (χ3v) is 4.72. The Hall–Kier alpha value is -3.32. The molecule has 0 bridgehead atoms. The Morgan fingerprint density at radius 2 is 1.86 bits per heavy atom. The predicted octanol–water partition coefficient (Wildman–Crippen LogP) is 2.86.